The Morgan fingerprint density at radius 3 is 2.35 bits per heavy atom. The van der Waals surface area contributed by atoms with Crippen molar-refractivity contribution in [3.63, 3.8) is 0 Å². The number of aryl methyl sites for hydroxylation is 2. The van der Waals surface area contributed by atoms with Gasteiger partial charge in [0.2, 0.25) is 0 Å². The van der Waals surface area contributed by atoms with Crippen LogP contribution in [0, 0.1) is 19.7 Å². The summed E-state index contributed by atoms with van der Waals surface area (Å²) in [6.07, 6.45) is 0. The third-order valence-corrected chi connectivity index (χ3v) is 4.15. The van der Waals surface area contributed by atoms with Gasteiger partial charge in [-0.05, 0) is 32.0 Å². The maximum atomic E-state index is 13.5. The standard InChI is InChI=1S/C14H13FOS/c1-10-7-8-13(11(2)9-10)17(16)14-6-4-3-5-12(14)15/h3-9H,1-2H3. The number of hydrogen-bond acceptors (Lipinski definition) is 1. The van der Waals surface area contributed by atoms with Crippen molar-refractivity contribution in [2.45, 2.75) is 23.6 Å². The molecule has 2 aromatic carbocycles. The molecule has 0 aliphatic rings. The predicted molar refractivity (Wildman–Crippen MR) is 67.0 cm³/mol. The van der Waals surface area contributed by atoms with Gasteiger partial charge in [0, 0.05) is 16.7 Å². The fourth-order valence-corrected chi connectivity index (χ4v) is 2.95. The molecule has 88 valence electrons. The molecule has 2 aromatic rings. The molecule has 2 rings (SSSR count). The highest BCUT2D eigenvalue weighted by molar-refractivity contribution is 7.91. The summed E-state index contributed by atoms with van der Waals surface area (Å²) in [5, 5.41) is 0. The molecule has 0 aliphatic heterocycles. The number of hydrogen-bond donors (Lipinski definition) is 0. The van der Waals surface area contributed by atoms with E-state index in [9.17, 15) is 8.94 Å². The lowest BCUT2D eigenvalue weighted by Crippen LogP contribution is -2.06. The summed E-state index contributed by atoms with van der Waals surface area (Å²) in [5.41, 5.74) is 2.03. The van der Waals surface area contributed by atoms with E-state index in [1.54, 1.807) is 24.3 Å². The van der Waals surface area contributed by atoms with Gasteiger partial charge in [-0.1, -0.05) is 29.8 Å². The van der Waals surface area contributed by atoms with Crippen molar-refractivity contribution in [3.8, 4) is 0 Å². The van der Waals surface area contributed by atoms with Crippen molar-refractivity contribution in [1.82, 2.24) is 0 Å². The van der Waals surface area contributed by atoms with Gasteiger partial charge in [-0.3, -0.25) is 0 Å². The van der Waals surface area contributed by atoms with Crippen LogP contribution in [0.4, 0.5) is 4.39 Å². The SMILES string of the molecule is Cc1ccc([S+]([O-])c2ccccc2F)c(C)c1. The first-order chi connectivity index (χ1) is 8.09. The molecule has 1 nitrogen and oxygen atoms in total. The van der Waals surface area contributed by atoms with Crippen LogP contribution in [0.25, 0.3) is 0 Å². The first kappa shape index (κ1) is 12.1. The normalized spacial score (nSPS) is 12.5. The van der Waals surface area contributed by atoms with E-state index in [0.29, 0.717) is 4.90 Å². The smallest absolute Gasteiger partial charge is 0.194 e. The Bertz CT molecular complexity index is 539. The van der Waals surface area contributed by atoms with Gasteiger partial charge in [-0.2, -0.15) is 0 Å². The third kappa shape index (κ3) is 2.51. The highest BCUT2D eigenvalue weighted by Crippen LogP contribution is 2.26. The highest BCUT2D eigenvalue weighted by Gasteiger charge is 2.20. The van der Waals surface area contributed by atoms with Gasteiger partial charge in [0.1, 0.15) is 0 Å². The van der Waals surface area contributed by atoms with Crippen molar-refractivity contribution in [3.05, 3.63) is 59.4 Å². The molecule has 0 bridgehead atoms. The number of benzene rings is 2. The Labute approximate surface area is 103 Å². The molecule has 0 amide bonds. The lowest BCUT2D eigenvalue weighted by atomic mass is 10.2. The van der Waals surface area contributed by atoms with Gasteiger partial charge < -0.3 is 4.55 Å². The summed E-state index contributed by atoms with van der Waals surface area (Å²) in [6.45, 7) is 3.86. The van der Waals surface area contributed by atoms with E-state index in [-0.39, 0.29) is 4.90 Å². The molecule has 0 heterocycles. The molecule has 0 fully saturated rings. The summed E-state index contributed by atoms with van der Waals surface area (Å²) in [4.78, 5) is 0.903. The van der Waals surface area contributed by atoms with Gasteiger partial charge in [0.25, 0.3) is 0 Å². The highest BCUT2D eigenvalue weighted by atomic mass is 32.2. The van der Waals surface area contributed by atoms with Gasteiger partial charge >= 0.3 is 0 Å². The second-order valence-electron chi connectivity index (χ2n) is 3.97. The first-order valence-electron chi connectivity index (χ1n) is 5.33. The molecular formula is C14H13FOS. The molecule has 0 spiro atoms. The predicted octanol–water partition coefficient (Wildman–Crippen LogP) is 3.61. The fraction of sp³-hybridized carbons (Fsp3) is 0.143. The molecule has 17 heavy (non-hydrogen) atoms. The largest absolute Gasteiger partial charge is 0.606 e. The lowest BCUT2D eigenvalue weighted by molar-refractivity contribution is 0.566. The summed E-state index contributed by atoms with van der Waals surface area (Å²) >= 11 is -1.45. The Kier molecular flexibility index (Phi) is 3.50. The van der Waals surface area contributed by atoms with E-state index >= 15 is 0 Å². The zero-order valence-electron chi connectivity index (χ0n) is 9.74. The van der Waals surface area contributed by atoms with Crippen LogP contribution in [0.2, 0.25) is 0 Å². The summed E-state index contributed by atoms with van der Waals surface area (Å²) in [6, 6.07) is 11.8. The zero-order valence-corrected chi connectivity index (χ0v) is 10.6. The molecule has 1 unspecified atom stereocenters. The van der Waals surface area contributed by atoms with Crippen LogP contribution in [-0.4, -0.2) is 4.55 Å². The molecular weight excluding hydrogens is 235 g/mol. The molecule has 0 saturated carbocycles. The quantitative estimate of drug-likeness (QED) is 0.744. The van der Waals surface area contributed by atoms with Crippen LogP contribution in [0.3, 0.4) is 0 Å². The molecule has 0 saturated heterocycles. The zero-order chi connectivity index (χ0) is 12.4. The van der Waals surface area contributed by atoms with E-state index in [2.05, 4.69) is 0 Å². The first-order valence-corrected chi connectivity index (χ1v) is 6.48. The van der Waals surface area contributed by atoms with Gasteiger partial charge in [0.15, 0.2) is 15.6 Å². The maximum absolute atomic E-state index is 13.5. The van der Waals surface area contributed by atoms with E-state index in [0.717, 1.165) is 11.1 Å². The fourth-order valence-electron chi connectivity index (χ4n) is 1.72. The van der Waals surface area contributed by atoms with Crippen molar-refractivity contribution >= 4 is 11.2 Å². The van der Waals surface area contributed by atoms with E-state index < -0.39 is 17.0 Å². The van der Waals surface area contributed by atoms with Gasteiger partial charge in [0.05, 0.1) is 0 Å². The molecule has 0 aliphatic carbocycles. The molecule has 0 aromatic heterocycles. The molecule has 1 atom stereocenters. The van der Waals surface area contributed by atoms with Crippen molar-refractivity contribution in [2.24, 2.45) is 0 Å². The van der Waals surface area contributed by atoms with Crippen LogP contribution in [0.5, 0.6) is 0 Å². The molecule has 0 radical (unpaired) electrons. The Hall–Kier alpha value is -1.32. The average Bonchev–Trinajstić information content (AvgIpc) is 2.29. The third-order valence-electron chi connectivity index (χ3n) is 2.57. The summed E-state index contributed by atoms with van der Waals surface area (Å²) in [5.74, 6) is -0.425. The minimum absolute atomic E-state index is 0.236. The van der Waals surface area contributed by atoms with E-state index in [1.165, 1.54) is 6.07 Å². The topological polar surface area (TPSA) is 23.1 Å². The minimum atomic E-state index is -1.45. The van der Waals surface area contributed by atoms with Crippen molar-refractivity contribution in [2.75, 3.05) is 0 Å². The lowest BCUT2D eigenvalue weighted by Gasteiger charge is -2.12. The van der Waals surface area contributed by atoms with Crippen molar-refractivity contribution < 1.29 is 8.94 Å². The molecule has 3 heteroatoms. The van der Waals surface area contributed by atoms with Crippen LogP contribution in [0.15, 0.2) is 52.3 Å². The van der Waals surface area contributed by atoms with Crippen LogP contribution in [-0.2, 0) is 11.2 Å². The van der Waals surface area contributed by atoms with Crippen LogP contribution >= 0.6 is 0 Å². The number of halogens is 1. The van der Waals surface area contributed by atoms with E-state index in [4.69, 9.17) is 0 Å². The minimum Gasteiger partial charge on any atom is -0.606 e. The van der Waals surface area contributed by atoms with E-state index in [1.807, 2.05) is 26.0 Å². The maximum Gasteiger partial charge on any atom is 0.194 e. The molecule has 0 N–H and O–H groups in total. The van der Waals surface area contributed by atoms with Gasteiger partial charge in [-0.15, -0.1) is 0 Å². The van der Waals surface area contributed by atoms with Crippen LogP contribution in [0.1, 0.15) is 11.1 Å². The van der Waals surface area contributed by atoms with Gasteiger partial charge in [-0.25, -0.2) is 4.39 Å². The Balaban J connectivity index is 2.44. The van der Waals surface area contributed by atoms with Crippen LogP contribution < -0.4 is 0 Å². The summed E-state index contributed by atoms with van der Waals surface area (Å²) < 4.78 is 25.8. The second kappa shape index (κ2) is 4.90. The Morgan fingerprint density at radius 1 is 1.00 bits per heavy atom. The average molecular weight is 248 g/mol. The second-order valence-corrected chi connectivity index (χ2v) is 5.39. The van der Waals surface area contributed by atoms with Crippen molar-refractivity contribution in [1.29, 1.82) is 0 Å². The Morgan fingerprint density at radius 2 is 1.71 bits per heavy atom. The number of rotatable bonds is 2. The monoisotopic (exact) mass is 248 g/mol. The summed E-state index contributed by atoms with van der Waals surface area (Å²) in [7, 11) is 0.